The molecule has 0 saturated carbocycles. The maximum absolute atomic E-state index is 12.7. The van der Waals surface area contributed by atoms with Gasteiger partial charge in [-0.05, 0) is 50.0 Å². The molecule has 2 nitrogen and oxygen atoms in total. The van der Waals surface area contributed by atoms with Gasteiger partial charge in [0.1, 0.15) is 5.75 Å². The molecule has 112 valence electrons. The second-order valence-corrected chi connectivity index (χ2v) is 5.37. The molecule has 1 aromatic rings. The van der Waals surface area contributed by atoms with Gasteiger partial charge in [-0.2, -0.15) is 13.2 Å². The Morgan fingerprint density at radius 3 is 2.20 bits per heavy atom. The lowest BCUT2D eigenvalue weighted by molar-refractivity contribution is -0.186. The van der Waals surface area contributed by atoms with Gasteiger partial charge in [-0.15, -0.1) is 0 Å². The first-order chi connectivity index (χ1) is 9.41. The lowest BCUT2D eigenvalue weighted by atomic mass is 9.93. The number of hydrogen-bond acceptors (Lipinski definition) is 2. The van der Waals surface area contributed by atoms with E-state index >= 15 is 0 Å². The summed E-state index contributed by atoms with van der Waals surface area (Å²) in [7, 11) is 0. The Morgan fingerprint density at radius 1 is 1.20 bits per heavy atom. The van der Waals surface area contributed by atoms with Crippen LogP contribution in [0.15, 0.2) is 24.3 Å². The van der Waals surface area contributed by atoms with Crippen molar-refractivity contribution in [2.45, 2.75) is 38.4 Å². The Balaban J connectivity index is 2.02. The molecule has 1 heterocycles. The number of piperidine rings is 1. The zero-order valence-corrected chi connectivity index (χ0v) is 11.5. The Morgan fingerprint density at radius 2 is 1.75 bits per heavy atom. The molecule has 1 unspecified atom stereocenters. The number of halogens is 3. The molecule has 0 amide bonds. The van der Waals surface area contributed by atoms with Gasteiger partial charge >= 0.3 is 6.18 Å². The van der Waals surface area contributed by atoms with Crippen molar-refractivity contribution in [3.63, 3.8) is 0 Å². The number of phenolic OH excluding ortho intramolecular Hbond substituents is 1. The highest BCUT2D eigenvalue weighted by molar-refractivity contribution is 5.28. The maximum Gasteiger partial charge on any atom is 0.391 e. The molecule has 0 aromatic heterocycles. The fourth-order valence-corrected chi connectivity index (χ4v) is 2.94. The summed E-state index contributed by atoms with van der Waals surface area (Å²) < 4.78 is 38.0. The molecule has 0 radical (unpaired) electrons. The normalized spacial score (nSPS) is 20.0. The summed E-state index contributed by atoms with van der Waals surface area (Å²) in [6.45, 7) is 2.99. The molecular weight excluding hydrogens is 267 g/mol. The monoisotopic (exact) mass is 287 g/mol. The van der Waals surface area contributed by atoms with Crippen molar-refractivity contribution >= 4 is 0 Å². The van der Waals surface area contributed by atoms with Crippen LogP contribution in [0.1, 0.15) is 37.8 Å². The summed E-state index contributed by atoms with van der Waals surface area (Å²) in [6.07, 6.45) is -2.86. The van der Waals surface area contributed by atoms with Crippen LogP contribution in [-0.2, 0) is 0 Å². The molecule has 0 aliphatic carbocycles. The average molecular weight is 287 g/mol. The lowest BCUT2D eigenvalue weighted by Gasteiger charge is -2.38. The van der Waals surface area contributed by atoms with E-state index in [1.54, 1.807) is 12.1 Å². The van der Waals surface area contributed by atoms with E-state index in [0.29, 0.717) is 13.1 Å². The minimum Gasteiger partial charge on any atom is -0.508 e. The standard InChI is InChI=1S/C15H20F3NO/c1-2-14(11-3-5-13(20)6-4-11)19-9-7-12(8-10-19)15(16,17)18/h3-6,12,14,20H,2,7-10H2,1H3. The van der Waals surface area contributed by atoms with Gasteiger partial charge in [0.15, 0.2) is 0 Å². The second kappa shape index (κ2) is 6.04. The number of aromatic hydroxyl groups is 1. The van der Waals surface area contributed by atoms with Gasteiger partial charge in [0.2, 0.25) is 0 Å². The second-order valence-electron chi connectivity index (χ2n) is 5.37. The number of rotatable bonds is 3. The summed E-state index contributed by atoms with van der Waals surface area (Å²) in [5.74, 6) is -0.949. The van der Waals surface area contributed by atoms with Crippen molar-refractivity contribution in [2.24, 2.45) is 5.92 Å². The van der Waals surface area contributed by atoms with Crippen LogP contribution in [0.2, 0.25) is 0 Å². The van der Waals surface area contributed by atoms with Crippen LogP contribution in [-0.4, -0.2) is 29.3 Å². The van der Waals surface area contributed by atoms with Gasteiger partial charge in [-0.1, -0.05) is 19.1 Å². The minimum absolute atomic E-state index is 0.129. The van der Waals surface area contributed by atoms with E-state index in [1.807, 2.05) is 19.1 Å². The van der Waals surface area contributed by atoms with Gasteiger partial charge in [0.25, 0.3) is 0 Å². The van der Waals surface area contributed by atoms with Crippen molar-refractivity contribution in [1.82, 2.24) is 4.90 Å². The van der Waals surface area contributed by atoms with E-state index in [0.717, 1.165) is 12.0 Å². The van der Waals surface area contributed by atoms with E-state index in [2.05, 4.69) is 4.90 Å². The van der Waals surface area contributed by atoms with Crippen LogP contribution < -0.4 is 0 Å². The van der Waals surface area contributed by atoms with Crippen molar-refractivity contribution < 1.29 is 18.3 Å². The Kier molecular flexibility index (Phi) is 4.58. The number of nitrogens with zero attached hydrogens (tertiary/aromatic N) is 1. The molecular formula is C15H20F3NO. The summed E-state index contributed by atoms with van der Waals surface area (Å²) in [6, 6.07) is 7.07. The van der Waals surface area contributed by atoms with Crippen LogP contribution >= 0.6 is 0 Å². The van der Waals surface area contributed by atoms with E-state index < -0.39 is 12.1 Å². The summed E-state index contributed by atoms with van der Waals surface area (Å²) >= 11 is 0. The van der Waals surface area contributed by atoms with E-state index in [-0.39, 0.29) is 24.6 Å². The molecule has 1 atom stereocenters. The minimum atomic E-state index is -4.06. The third-order valence-corrected chi connectivity index (χ3v) is 4.10. The zero-order valence-electron chi connectivity index (χ0n) is 11.5. The Bertz CT molecular complexity index is 422. The Hall–Kier alpha value is -1.23. The smallest absolute Gasteiger partial charge is 0.391 e. The van der Waals surface area contributed by atoms with Gasteiger partial charge in [-0.3, -0.25) is 4.90 Å². The summed E-state index contributed by atoms with van der Waals surface area (Å²) in [5.41, 5.74) is 1.05. The van der Waals surface area contributed by atoms with E-state index in [4.69, 9.17) is 0 Å². The number of likely N-dealkylation sites (tertiary alicyclic amines) is 1. The predicted molar refractivity (Wildman–Crippen MR) is 71.5 cm³/mol. The molecule has 2 rings (SSSR count). The Labute approximate surface area is 117 Å². The first kappa shape index (κ1) is 15.2. The van der Waals surface area contributed by atoms with Crippen molar-refractivity contribution in [2.75, 3.05) is 13.1 Å². The van der Waals surface area contributed by atoms with Crippen molar-refractivity contribution in [3.05, 3.63) is 29.8 Å². The average Bonchev–Trinajstić information content (AvgIpc) is 2.41. The largest absolute Gasteiger partial charge is 0.508 e. The molecule has 0 bridgehead atoms. The highest BCUT2D eigenvalue weighted by atomic mass is 19.4. The van der Waals surface area contributed by atoms with Gasteiger partial charge in [0, 0.05) is 6.04 Å². The zero-order chi connectivity index (χ0) is 14.8. The SMILES string of the molecule is CCC(c1ccc(O)cc1)N1CCC(C(F)(F)F)CC1. The van der Waals surface area contributed by atoms with Crippen LogP contribution in [0.3, 0.4) is 0 Å². The predicted octanol–water partition coefficient (Wildman–Crippen LogP) is 4.12. The van der Waals surface area contributed by atoms with Crippen molar-refractivity contribution in [3.8, 4) is 5.75 Å². The number of alkyl halides is 3. The van der Waals surface area contributed by atoms with Gasteiger partial charge in [0.05, 0.1) is 5.92 Å². The summed E-state index contributed by atoms with van der Waals surface area (Å²) in [4.78, 5) is 2.12. The van der Waals surface area contributed by atoms with Gasteiger partial charge in [-0.25, -0.2) is 0 Å². The van der Waals surface area contributed by atoms with Crippen LogP contribution in [0.25, 0.3) is 0 Å². The lowest BCUT2D eigenvalue weighted by Crippen LogP contribution is -2.40. The molecule has 1 aliphatic rings. The maximum atomic E-state index is 12.7. The number of phenols is 1. The molecule has 1 fully saturated rings. The fourth-order valence-electron chi connectivity index (χ4n) is 2.94. The van der Waals surface area contributed by atoms with Gasteiger partial charge < -0.3 is 5.11 Å². The van der Waals surface area contributed by atoms with Crippen LogP contribution in [0, 0.1) is 5.92 Å². The molecule has 1 aliphatic heterocycles. The summed E-state index contributed by atoms with van der Waals surface area (Å²) in [5, 5.41) is 9.31. The third kappa shape index (κ3) is 3.45. The van der Waals surface area contributed by atoms with E-state index in [1.165, 1.54) is 0 Å². The van der Waals surface area contributed by atoms with Crippen LogP contribution in [0.5, 0.6) is 5.75 Å². The molecule has 1 saturated heterocycles. The third-order valence-electron chi connectivity index (χ3n) is 4.10. The first-order valence-electron chi connectivity index (χ1n) is 7.01. The molecule has 0 spiro atoms. The molecule has 5 heteroatoms. The van der Waals surface area contributed by atoms with E-state index in [9.17, 15) is 18.3 Å². The topological polar surface area (TPSA) is 23.5 Å². The highest BCUT2D eigenvalue weighted by Crippen LogP contribution is 2.37. The molecule has 1 N–H and O–H groups in total. The fraction of sp³-hybridized carbons (Fsp3) is 0.600. The first-order valence-corrected chi connectivity index (χ1v) is 7.01. The van der Waals surface area contributed by atoms with Crippen molar-refractivity contribution in [1.29, 1.82) is 0 Å². The quantitative estimate of drug-likeness (QED) is 0.904. The number of benzene rings is 1. The van der Waals surface area contributed by atoms with Crippen LogP contribution in [0.4, 0.5) is 13.2 Å². The number of hydrogen-bond donors (Lipinski definition) is 1. The highest BCUT2D eigenvalue weighted by Gasteiger charge is 2.41. The molecule has 20 heavy (non-hydrogen) atoms. The molecule has 1 aromatic carbocycles.